The summed E-state index contributed by atoms with van der Waals surface area (Å²) in [4.78, 5) is 47.3. The minimum atomic E-state index is -5.14. The highest BCUT2D eigenvalue weighted by Gasteiger charge is 2.41. The second-order valence-corrected chi connectivity index (χ2v) is 12.9. The maximum atomic E-state index is 14.3. The zero-order valence-electron chi connectivity index (χ0n) is 26.8. The van der Waals surface area contributed by atoms with Crippen LogP contribution in [0.1, 0.15) is 57.1 Å². The van der Waals surface area contributed by atoms with Gasteiger partial charge in [0.15, 0.2) is 0 Å². The summed E-state index contributed by atoms with van der Waals surface area (Å²) >= 11 is 1.40. The maximum absolute atomic E-state index is 14.3. The van der Waals surface area contributed by atoms with Gasteiger partial charge in [0.05, 0.1) is 11.2 Å². The minimum Gasteiger partial charge on any atom is -0.438 e. The molecule has 2 N–H and O–H groups in total. The molecular weight excluding hydrogens is 666 g/mol. The molecule has 2 aromatic carbocycles. The first-order valence-corrected chi connectivity index (χ1v) is 16.2. The van der Waals surface area contributed by atoms with Gasteiger partial charge in [0, 0.05) is 24.0 Å². The molecule has 1 saturated carbocycles. The molecule has 1 aliphatic carbocycles. The second kappa shape index (κ2) is 15.1. The Morgan fingerprint density at radius 2 is 1.65 bits per heavy atom. The summed E-state index contributed by atoms with van der Waals surface area (Å²) < 4.78 is 63.1. The van der Waals surface area contributed by atoms with Crippen molar-refractivity contribution in [3.63, 3.8) is 0 Å². The van der Waals surface area contributed by atoms with Crippen LogP contribution in [0.3, 0.4) is 0 Å². The number of nitrogens with zero attached hydrogens (tertiary/aromatic N) is 3. The smallest absolute Gasteiger partial charge is 0.438 e. The Labute approximate surface area is 283 Å². The topological polar surface area (TPSA) is 123 Å². The normalized spacial score (nSPS) is 16.2. The summed E-state index contributed by atoms with van der Waals surface area (Å²) in [6.45, 7) is 2.14. The number of hydrogen-bond acceptors (Lipinski definition) is 9. The highest BCUT2D eigenvalue weighted by atomic mass is 32.1. The molecule has 258 valence electrons. The van der Waals surface area contributed by atoms with Gasteiger partial charge in [-0.3, -0.25) is 9.59 Å². The van der Waals surface area contributed by atoms with E-state index in [1.807, 2.05) is 6.92 Å². The number of esters is 1. The molecular formula is C34H33F4N5O5S. The van der Waals surface area contributed by atoms with E-state index in [0.29, 0.717) is 54.6 Å². The molecule has 0 bridgehead atoms. The molecule has 49 heavy (non-hydrogen) atoms. The van der Waals surface area contributed by atoms with Crippen molar-refractivity contribution in [3.05, 3.63) is 87.8 Å². The molecule has 1 fully saturated rings. The van der Waals surface area contributed by atoms with Crippen LogP contribution in [0.25, 0.3) is 11.1 Å². The van der Waals surface area contributed by atoms with Gasteiger partial charge in [0.1, 0.15) is 28.6 Å². The molecule has 0 saturated heterocycles. The number of thiazole rings is 1. The number of ether oxygens (including phenoxy) is 2. The summed E-state index contributed by atoms with van der Waals surface area (Å²) in [6, 6.07) is 11.6. The lowest BCUT2D eigenvalue weighted by Crippen LogP contribution is -2.44. The quantitative estimate of drug-likeness (QED) is 0.110. The van der Waals surface area contributed by atoms with Crippen molar-refractivity contribution in [2.75, 3.05) is 14.1 Å². The Morgan fingerprint density at radius 1 is 0.959 bits per heavy atom. The highest BCUT2D eigenvalue weighted by Crippen LogP contribution is 2.33. The molecule has 0 radical (unpaired) electrons. The van der Waals surface area contributed by atoms with Gasteiger partial charge < -0.3 is 25.0 Å². The number of aryl methyl sites for hydroxylation is 1. The fourth-order valence-electron chi connectivity index (χ4n) is 5.43. The third kappa shape index (κ3) is 9.38. The zero-order valence-corrected chi connectivity index (χ0v) is 27.6. The van der Waals surface area contributed by atoms with Crippen LogP contribution in [0.5, 0.6) is 17.4 Å². The van der Waals surface area contributed by atoms with Crippen molar-refractivity contribution in [1.29, 1.82) is 0 Å². The van der Waals surface area contributed by atoms with Gasteiger partial charge in [-0.1, -0.05) is 18.2 Å². The van der Waals surface area contributed by atoms with E-state index in [0.717, 1.165) is 17.3 Å². The van der Waals surface area contributed by atoms with Gasteiger partial charge >= 0.3 is 12.1 Å². The first kappa shape index (κ1) is 35.4. The average molecular weight is 700 g/mol. The molecule has 0 atom stereocenters. The molecule has 2 amide bonds. The maximum Gasteiger partial charge on any atom is 0.491 e. The van der Waals surface area contributed by atoms with E-state index in [2.05, 4.69) is 25.3 Å². The number of carbonyl (C=O) groups excluding carboxylic acids is 3. The Hall–Kier alpha value is -4.89. The van der Waals surface area contributed by atoms with E-state index in [9.17, 15) is 31.9 Å². The van der Waals surface area contributed by atoms with Crippen LogP contribution in [-0.2, 0) is 11.3 Å². The third-order valence-electron chi connectivity index (χ3n) is 7.68. The Balaban J connectivity index is 1.27. The summed E-state index contributed by atoms with van der Waals surface area (Å²) in [5.74, 6) is -3.97. The number of benzene rings is 2. The number of halogens is 4. The van der Waals surface area contributed by atoms with E-state index in [1.54, 1.807) is 48.6 Å². The van der Waals surface area contributed by atoms with Crippen LogP contribution < -0.4 is 20.1 Å². The largest absolute Gasteiger partial charge is 0.491 e. The summed E-state index contributed by atoms with van der Waals surface area (Å²) in [5.41, 5.74) is 2.09. The van der Waals surface area contributed by atoms with Crippen LogP contribution in [0, 0.1) is 12.7 Å². The van der Waals surface area contributed by atoms with Gasteiger partial charge in [-0.2, -0.15) is 13.2 Å². The number of rotatable bonds is 10. The van der Waals surface area contributed by atoms with Crippen molar-refractivity contribution >= 4 is 29.1 Å². The van der Waals surface area contributed by atoms with E-state index in [-0.39, 0.29) is 40.9 Å². The van der Waals surface area contributed by atoms with E-state index in [1.165, 1.54) is 29.5 Å². The predicted octanol–water partition coefficient (Wildman–Crippen LogP) is 6.45. The van der Waals surface area contributed by atoms with Crippen molar-refractivity contribution < 1.29 is 41.4 Å². The fraction of sp³-hybridized carbons (Fsp3) is 0.324. The lowest BCUT2D eigenvalue weighted by atomic mass is 9.91. The van der Waals surface area contributed by atoms with E-state index >= 15 is 0 Å². The molecule has 0 unspecified atom stereocenters. The first-order valence-electron chi connectivity index (χ1n) is 15.3. The number of hydrogen-bond donors (Lipinski definition) is 2. The number of nitrogens with one attached hydrogen (secondary N) is 2. The number of amides is 2. The van der Waals surface area contributed by atoms with Gasteiger partial charge in [-0.25, -0.2) is 19.2 Å². The Bertz CT molecular complexity index is 1840. The molecule has 2 aromatic heterocycles. The van der Waals surface area contributed by atoms with Crippen LogP contribution in [0.15, 0.2) is 60.1 Å². The van der Waals surface area contributed by atoms with Crippen LogP contribution >= 0.6 is 11.3 Å². The van der Waals surface area contributed by atoms with Crippen molar-refractivity contribution in [2.45, 2.75) is 57.4 Å². The number of carbonyl (C=O) groups is 3. The number of pyridine rings is 1. The second-order valence-electron chi connectivity index (χ2n) is 11.8. The Morgan fingerprint density at radius 3 is 2.29 bits per heavy atom. The molecule has 5 rings (SSSR count). The van der Waals surface area contributed by atoms with Gasteiger partial charge in [-0.05, 0) is 93.7 Å². The molecule has 15 heteroatoms. The predicted molar refractivity (Wildman–Crippen MR) is 173 cm³/mol. The number of aromatic nitrogens is 2. The van der Waals surface area contributed by atoms with Crippen molar-refractivity contribution in [3.8, 4) is 28.5 Å². The fourth-order valence-corrected chi connectivity index (χ4v) is 6.03. The Kier molecular flexibility index (Phi) is 10.9. The molecule has 2 heterocycles. The molecule has 10 nitrogen and oxygen atoms in total. The third-order valence-corrected chi connectivity index (χ3v) is 8.45. The highest BCUT2D eigenvalue weighted by molar-refractivity contribution is 7.09. The monoisotopic (exact) mass is 699 g/mol. The average Bonchev–Trinajstić information content (AvgIpc) is 3.49. The first-order chi connectivity index (χ1) is 23.2. The molecule has 4 aromatic rings. The SMILES string of the molecule is Cc1nc(C(=O)NC2CCC(NC(=O)c3cc(F)cnc3Oc3cccc(-c4ccc(OC(=O)C(F)(F)F)cc4CN(C)C)c3)CC2)cs1. The van der Waals surface area contributed by atoms with Gasteiger partial charge in [0.2, 0.25) is 5.88 Å². The number of alkyl halides is 3. The summed E-state index contributed by atoms with van der Waals surface area (Å²) in [5, 5.41) is 8.44. The van der Waals surface area contributed by atoms with Crippen molar-refractivity contribution in [1.82, 2.24) is 25.5 Å². The lowest BCUT2D eigenvalue weighted by Gasteiger charge is -2.29. The minimum absolute atomic E-state index is 0.0611. The molecule has 0 aliphatic heterocycles. The molecule has 1 aliphatic rings. The van der Waals surface area contributed by atoms with Crippen LogP contribution in [0.2, 0.25) is 0 Å². The van der Waals surface area contributed by atoms with Gasteiger partial charge in [0.25, 0.3) is 11.8 Å². The van der Waals surface area contributed by atoms with Gasteiger partial charge in [-0.15, -0.1) is 11.3 Å². The summed E-state index contributed by atoms with van der Waals surface area (Å²) in [7, 11) is 3.55. The zero-order chi connectivity index (χ0) is 35.3. The van der Waals surface area contributed by atoms with Crippen molar-refractivity contribution in [2.24, 2.45) is 0 Å². The summed E-state index contributed by atoms with van der Waals surface area (Å²) in [6.07, 6.45) is -1.74. The molecule has 0 spiro atoms. The van der Waals surface area contributed by atoms with Crippen LogP contribution in [0.4, 0.5) is 17.6 Å². The van der Waals surface area contributed by atoms with E-state index in [4.69, 9.17) is 4.74 Å². The standard InChI is InChI=1S/C34H33F4N5O5S/c1-19-40-29(18-49-19)31(45)42-24-9-7-23(8-10-24)41-30(44)28-15-22(35)16-39-32(28)47-25-6-4-5-20(13-25)27-12-11-26(14-21(27)17-43(2)3)48-33(46)34(36,37)38/h4-6,11-16,18,23-24H,7-10,17H2,1-3H3,(H,41,44)(H,42,45). The van der Waals surface area contributed by atoms with E-state index < -0.39 is 23.9 Å². The lowest BCUT2D eigenvalue weighted by molar-refractivity contribution is -0.189. The van der Waals surface area contributed by atoms with Crippen LogP contribution in [-0.4, -0.2) is 65.0 Å².